The Bertz CT molecular complexity index is 1110. The van der Waals surface area contributed by atoms with Crippen LogP contribution >= 0.6 is 8.25 Å². The van der Waals surface area contributed by atoms with E-state index in [1.54, 1.807) is 43.3 Å². The number of primary amides is 1. The fourth-order valence-corrected chi connectivity index (χ4v) is 3.42. The number of hydrogen-bond donors (Lipinski definition) is 3. The molecular weight excluding hydrogens is 427 g/mol. The third-order valence-electron chi connectivity index (χ3n) is 4.49. The molecule has 0 saturated heterocycles. The Balaban J connectivity index is 1.48. The molecule has 31 heavy (non-hydrogen) atoms. The van der Waals surface area contributed by atoms with Crippen LogP contribution in [0.3, 0.4) is 0 Å². The van der Waals surface area contributed by atoms with E-state index in [1.165, 1.54) is 10.8 Å². The number of H-pyrrole nitrogens is 1. The standard InChI is InChI=1S/C19H21N4O7P/c1-11-9-23(19(26)22-18(11)25)16-7-6-14(29-16)10-28-31(27)30-13-4-2-12(3-5-13)8-15(20)17(21)24/h2-7,9,14-16H,8,10,20H2,1H3,(H2-,21,22,24,25,26)/p+1/t14-,15-,16+/m0/s1. The van der Waals surface area contributed by atoms with Crippen LogP contribution in [0.25, 0.3) is 0 Å². The number of aromatic amines is 1. The second-order valence-corrected chi connectivity index (χ2v) is 7.78. The Morgan fingerprint density at radius 1 is 1.29 bits per heavy atom. The van der Waals surface area contributed by atoms with E-state index in [9.17, 15) is 18.9 Å². The first-order chi connectivity index (χ1) is 14.7. The van der Waals surface area contributed by atoms with Gasteiger partial charge in [0, 0.05) is 16.3 Å². The van der Waals surface area contributed by atoms with Crippen molar-refractivity contribution in [1.29, 1.82) is 0 Å². The minimum Gasteiger partial charge on any atom is -0.368 e. The smallest absolute Gasteiger partial charge is 0.368 e. The van der Waals surface area contributed by atoms with Crippen molar-refractivity contribution in [2.24, 2.45) is 11.5 Å². The molecule has 0 fully saturated rings. The number of carbonyl (C=O) groups is 1. The zero-order valence-corrected chi connectivity index (χ0v) is 17.5. The largest absolute Gasteiger partial charge is 0.750 e. The Labute approximate surface area is 177 Å². The van der Waals surface area contributed by atoms with Crippen LogP contribution in [0.5, 0.6) is 5.75 Å². The van der Waals surface area contributed by atoms with Crippen molar-refractivity contribution in [3.8, 4) is 5.75 Å². The van der Waals surface area contributed by atoms with Gasteiger partial charge in [-0.3, -0.25) is 19.1 Å². The highest BCUT2D eigenvalue weighted by molar-refractivity contribution is 7.33. The van der Waals surface area contributed by atoms with Gasteiger partial charge in [0.1, 0.15) is 12.7 Å². The summed E-state index contributed by atoms with van der Waals surface area (Å²) < 4.78 is 29.4. The molecule has 0 radical (unpaired) electrons. The number of nitrogens with zero attached hydrogens (tertiary/aromatic N) is 1. The number of carbonyl (C=O) groups excluding carboxylic acids is 1. The van der Waals surface area contributed by atoms with Crippen LogP contribution in [-0.4, -0.2) is 34.2 Å². The third-order valence-corrected chi connectivity index (χ3v) is 5.21. The monoisotopic (exact) mass is 449 g/mol. The Hall–Kier alpha value is -3.11. The minimum atomic E-state index is -2.47. The molecule has 0 bridgehead atoms. The number of aryl methyl sites for hydroxylation is 1. The lowest BCUT2D eigenvalue weighted by Gasteiger charge is -2.14. The van der Waals surface area contributed by atoms with Gasteiger partial charge in [0.2, 0.25) is 5.91 Å². The molecule has 164 valence electrons. The molecule has 1 aliphatic rings. The van der Waals surface area contributed by atoms with Crippen molar-refractivity contribution in [1.82, 2.24) is 9.55 Å². The lowest BCUT2D eigenvalue weighted by Crippen LogP contribution is -2.38. The topological polar surface area (TPSA) is 169 Å². The van der Waals surface area contributed by atoms with Crippen molar-refractivity contribution in [2.75, 3.05) is 6.61 Å². The van der Waals surface area contributed by atoms with Crippen molar-refractivity contribution in [2.45, 2.75) is 31.7 Å². The summed E-state index contributed by atoms with van der Waals surface area (Å²) in [5.41, 5.74) is 10.8. The molecule has 1 aromatic heterocycles. The number of nitrogens with one attached hydrogen (secondary N) is 1. The molecule has 11 nitrogen and oxygen atoms in total. The molecule has 12 heteroatoms. The maximum absolute atomic E-state index is 12.1. The third kappa shape index (κ3) is 5.96. The average molecular weight is 449 g/mol. The van der Waals surface area contributed by atoms with Crippen LogP contribution in [0.4, 0.5) is 0 Å². The minimum absolute atomic E-state index is 0.0646. The quantitative estimate of drug-likeness (QED) is 0.365. The van der Waals surface area contributed by atoms with Gasteiger partial charge in [-0.05, 0) is 37.1 Å². The molecule has 4 atom stereocenters. The van der Waals surface area contributed by atoms with Gasteiger partial charge >= 0.3 is 13.9 Å². The van der Waals surface area contributed by atoms with Gasteiger partial charge in [0.05, 0.1) is 6.04 Å². The maximum Gasteiger partial charge on any atom is 0.750 e. The SMILES string of the molecule is Cc1cn([C@H]2C=C[C@@H](CO[P+](=O)Oc3ccc(C[C@H](N)C(N)=O)cc3)O2)c(=O)[nH]c1=O. The molecule has 1 amide bonds. The normalized spacial score (nSPS) is 19.2. The Kier molecular flexibility index (Phi) is 7.13. The maximum atomic E-state index is 12.1. The first-order valence-corrected chi connectivity index (χ1v) is 10.4. The zero-order valence-electron chi connectivity index (χ0n) is 16.6. The van der Waals surface area contributed by atoms with Gasteiger partial charge in [0.15, 0.2) is 12.0 Å². The number of aromatic nitrogens is 2. The summed E-state index contributed by atoms with van der Waals surface area (Å²) in [5.74, 6) is -0.281. The number of amides is 1. The van der Waals surface area contributed by atoms with Crippen LogP contribution in [0, 0.1) is 6.92 Å². The predicted octanol–water partition coefficient (Wildman–Crippen LogP) is 0.407. The summed E-state index contributed by atoms with van der Waals surface area (Å²) in [6, 6.07) is 5.72. The highest BCUT2D eigenvalue weighted by Gasteiger charge is 2.28. The molecule has 0 saturated carbocycles. The van der Waals surface area contributed by atoms with Gasteiger partial charge in [-0.2, -0.15) is 0 Å². The van der Waals surface area contributed by atoms with Gasteiger partial charge < -0.3 is 16.2 Å². The molecule has 2 heterocycles. The highest BCUT2D eigenvalue weighted by atomic mass is 31.1. The van der Waals surface area contributed by atoms with Gasteiger partial charge in [0.25, 0.3) is 5.56 Å². The van der Waals surface area contributed by atoms with E-state index in [0.717, 1.165) is 5.56 Å². The number of rotatable bonds is 9. The van der Waals surface area contributed by atoms with E-state index < -0.39 is 43.8 Å². The molecule has 3 rings (SSSR count). The van der Waals surface area contributed by atoms with Crippen molar-refractivity contribution in [3.05, 3.63) is 74.6 Å². The molecule has 1 unspecified atom stereocenters. The number of nitrogens with two attached hydrogens (primary N) is 2. The molecule has 5 N–H and O–H groups in total. The van der Waals surface area contributed by atoms with Gasteiger partial charge in [-0.15, -0.1) is 4.52 Å². The summed E-state index contributed by atoms with van der Waals surface area (Å²) in [4.78, 5) is 36.6. The Morgan fingerprint density at radius 2 is 2.00 bits per heavy atom. The second kappa shape index (κ2) is 9.80. The summed E-state index contributed by atoms with van der Waals surface area (Å²) in [6.07, 6.45) is 3.72. The number of ether oxygens (including phenoxy) is 1. The van der Waals surface area contributed by atoms with E-state index in [4.69, 9.17) is 25.3 Å². The summed E-state index contributed by atoms with van der Waals surface area (Å²) in [7, 11) is -2.47. The van der Waals surface area contributed by atoms with Crippen LogP contribution < -0.4 is 27.2 Å². The summed E-state index contributed by atoms with van der Waals surface area (Å²) >= 11 is 0. The van der Waals surface area contributed by atoms with E-state index in [-0.39, 0.29) is 13.0 Å². The fraction of sp³-hybridized carbons (Fsp3) is 0.316. The number of hydrogen-bond acceptors (Lipinski definition) is 8. The van der Waals surface area contributed by atoms with Crippen LogP contribution in [0.2, 0.25) is 0 Å². The highest BCUT2D eigenvalue weighted by Crippen LogP contribution is 2.30. The summed E-state index contributed by atoms with van der Waals surface area (Å²) in [6.45, 7) is 1.51. The molecule has 1 aromatic carbocycles. The lowest BCUT2D eigenvalue weighted by molar-refractivity contribution is -0.119. The predicted molar refractivity (Wildman–Crippen MR) is 111 cm³/mol. The van der Waals surface area contributed by atoms with Gasteiger partial charge in [-0.1, -0.05) is 18.2 Å². The number of benzene rings is 1. The lowest BCUT2D eigenvalue weighted by atomic mass is 10.1. The molecule has 1 aliphatic heterocycles. The second-order valence-electron chi connectivity index (χ2n) is 6.90. The van der Waals surface area contributed by atoms with Gasteiger partial charge in [-0.25, -0.2) is 9.32 Å². The molecule has 0 spiro atoms. The molecule has 2 aromatic rings. The van der Waals surface area contributed by atoms with Crippen molar-refractivity contribution in [3.63, 3.8) is 0 Å². The zero-order chi connectivity index (χ0) is 22.5. The summed E-state index contributed by atoms with van der Waals surface area (Å²) in [5, 5.41) is 0. The molecular formula is C19H22N4O7P+. The van der Waals surface area contributed by atoms with Crippen molar-refractivity contribution >= 4 is 14.2 Å². The van der Waals surface area contributed by atoms with E-state index in [0.29, 0.717) is 11.3 Å². The van der Waals surface area contributed by atoms with Crippen molar-refractivity contribution < 1.29 is 23.1 Å². The van der Waals surface area contributed by atoms with Crippen LogP contribution in [0.15, 0.2) is 52.2 Å². The van der Waals surface area contributed by atoms with Crippen LogP contribution in [-0.2, 0) is 25.0 Å². The van der Waals surface area contributed by atoms with Crippen LogP contribution in [0.1, 0.15) is 17.4 Å². The first-order valence-electron chi connectivity index (χ1n) is 9.31. The van der Waals surface area contributed by atoms with E-state index >= 15 is 0 Å². The first kappa shape index (κ1) is 22.6. The van der Waals surface area contributed by atoms with E-state index in [2.05, 4.69) is 4.98 Å². The molecule has 0 aliphatic carbocycles. The average Bonchev–Trinajstić information content (AvgIpc) is 3.19. The Morgan fingerprint density at radius 3 is 2.68 bits per heavy atom. The fourth-order valence-electron chi connectivity index (χ4n) is 2.80. The van der Waals surface area contributed by atoms with E-state index in [1.807, 2.05) is 0 Å².